The van der Waals surface area contributed by atoms with Crippen LogP contribution in [0.2, 0.25) is 0 Å². The molecule has 1 aromatic heterocycles. The third-order valence-electron chi connectivity index (χ3n) is 1.02. The third kappa shape index (κ3) is 5.59. The first-order valence-corrected chi connectivity index (χ1v) is 2.81. The summed E-state index contributed by atoms with van der Waals surface area (Å²) in [4.78, 5) is 3.44. The average molecular weight is 238 g/mol. The van der Waals surface area contributed by atoms with Crippen LogP contribution in [0.25, 0.3) is 0 Å². The van der Waals surface area contributed by atoms with E-state index in [0.29, 0.717) is 0 Å². The second-order valence-corrected chi connectivity index (χ2v) is 2.09. The van der Waals surface area contributed by atoms with E-state index in [1.807, 2.05) is 0 Å². The van der Waals surface area contributed by atoms with Crippen LogP contribution in [0, 0.1) is 0 Å². The van der Waals surface area contributed by atoms with Gasteiger partial charge in [0.1, 0.15) is 12.4 Å². The maximum atomic E-state index is 11.7. The quantitative estimate of drug-likeness (QED) is 0.811. The van der Waals surface area contributed by atoms with E-state index in [1.54, 1.807) is 0 Å². The van der Waals surface area contributed by atoms with E-state index >= 15 is 0 Å². The normalized spacial score (nSPS) is 10.1. The molecule has 0 bridgehead atoms. The predicted molar refractivity (Wildman–Crippen MR) is 47.2 cm³/mol. The molecule has 3 nitrogen and oxygen atoms in total. The molecule has 1 rings (SSSR count). The largest absolute Gasteiger partial charge is 0.406 e. The van der Waals surface area contributed by atoms with Gasteiger partial charge in [0.15, 0.2) is 0 Å². The van der Waals surface area contributed by atoms with Crippen LogP contribution < -0.4 is 5.73 Å². The van der Waals surface area contributed by atoms with Gasteiger partial charge in [-0.05, 0) is 0 Å². The van der Waals surface area contributed by atoms with Gasteiger partial charge in [-0.15, -0.1) is 24.8 Å². The van der Waals surface area contributed by atoms with Crippen molar-refractivity contribution in [2.75, 3.05) is 5.73 Å². The van der Waals surface area contributed by atoms with Crippen molar-refractivity contribution in [1.29, 1.82) is 0 Å². The Morgan fingerprint density at radius 2 is 1.92 bits per heavy atom. The number of aromatic nitrogens is 2. The Kier molecular flexibility index (Phi) is 5.93. The number of hydrogen-bond donors (Lipinski definition) is 1. The molecule has 0 aromatic carbocycles. The lowest BCUT2D eigenvalue weighted by Crippen LogP contribution is -2.16. The average Bonchev–Trinajstić information content (AvgIpc) is 2.10. The van der Waals surface area contributed by atoms with Gasteiger partial charge in [0.05, 0.1) is 6.33 Å². The van der Waals surface area contributed by atoms with Gasteiger partial charge in [0, 0.05) is 6.20 Å². The zero-order chi connectivity index (χ0) is 8.48. The maximum absolute atomic E-state index is 11.7. The maximum Gasteiger partial charge on any atom is 0.406 e. The molecule has 0 amide bonds. The zero-order valence-corrected chi connectivity index (χ0v) is 7.92. The summed E-state index contributed by atoms with van der Waals surface area (Å²) in [6, 6.07) is 0. The summed E-state index contributed by atoms with van der Waals surface area (Å²) in [5.41, 5.74) is 5.10. The smallest absolute Gasteiger partial charge is 0.382 e. The molecular formula is C5H8Cl2F3N3. The van der Waals surface area contributed by atoms with Gasteiger partial charge in [-0.3, -0.25) is 0 Å². The lowest BCUT2D eigenvalue weighted by molar-refractivity contribution is -0.140. The highest BCUT2D eigenvalue weighted by atomic mass is 35.5. The van der Waals surface area contributed by atoms with E-state index in [9.17, 15) is 13.2 Å². The molecule has 2 N–H and O–H groups in total. The fourth-order valence-electron chi connectivity index (χ4n) is 0.671. The molecule has 1 heterocycles. The van der Waals surface area contributed by atoms with E-state index in [1.165, 1.54) is 0 Å². The van der Waals surface area contributed by atoms with Crippen molar-refractivity contribution < 1.29 is 13.2 Å². The molecule has 0 unspecified atom stereocenters. The minimum Gasteiger partial charge on any atom is -0.382 e. The molecule has 0 saturated carbocycles. The molecule has 78 valence electrons. The van der Waals surface area contributed by atoms with Gasteiger partial charge >= 0.3 is 6.18 Å². The summed E-state index contributed by atoms with van der Waals surface area (Å²) in [5.74, 6) is 0.0919. The van der Waals surface area contributed by atoms with Crippen LogP contribution >= 0.6 is 24.8 Å². The van der Waals surface area contributed by atoms with Crippen LogP contribution in [0.4, 0.5) is 19.0 Å². The molecule has 8 heteroatoms. The number of hydrogen-bond acceptors (Lipinski definition) is 2. The number of halogens is 5. The first kappa shape index (κ1) is 14.9. The van der Waals surface area contributed by atoms with Crippen LogP contribution in [0.5, 0.6) is 0 Å². The zero-order valence-electron chi connectivity index (χ0n) is 6.28. The highest BCUT2D eigenvalue weighted by Crippen LogP contribution is 2.17. The molecule has 0 radical (unpaired) electrons. The van der Waals surface area contributed by atoms with Crippen LogP contribution in [0.15, 0.2) is 12.5 Å². The van der Waals surface area contributed by atoms with E-state index in [-0.39, 0.29) is 30.6 Å². The second kappa shape index (κ2) is 5.18. The summed E-state index contributed by atoms with van der Waals surface area (Å²) in [5, 5.41) is 0. The highest BCUT2D eigenvalue weighted by molar-refractivity contribution is 5.85. The van der Waals surface area contributed by atoms with Crippen molar-refractivity contribution in [2.45, 2.75) is 12.7 Å². The highest BCUT2D eigenvalue weighted by Gasteiger charge is 2.27. The summed E-state index contributed by atoms with van der Waals surface area (Å²) >= 11 is 0. The van der Waals surface area contributed by atoms with Gasteiger partial charge < -0.3 is 10.3 Å². The lowest BCUT2D eigenvalue weighted by atomic mass is 10.6. The molecule has 0 saturated heterocycles. The Morgan fingerprint density at radius 1 is 1.38 bits per heavy atom. The number of anilines is 1. The fourth-order valence-corrected chi connectivity index (χ4v) is 0.671. The van der Waals surface area contributed by atoms with Crippen molar-refractivity contribution in [1.82, 2.24) is 9.55 Å². The monoisotopic (exact) mass is 237 g/mol. The number of rotatable bonds is 1. The van der Waals surface area contributed by atoms with E-state index in [2.05, 4.69) is 4.98 Å². The summed E-state index contributed by atoms with van der Waals surface area (Å²) in [7, 11) is 0. The van der Waals surface area contributed by atoms with Crippen molar-refractivity contribution in [2.24, 2.45) is 0 Å². The van der Waals surface area contributed by atoms with E-state index in [4.69, 9.17) is 5.73 Å². The molecule has 0 aliphatic heterocycles. The van der Waals surface area contributed by atoms with Crippen LogP contribution in [-0.4, -0.2) is 15.7 Å². The second-order valence-electron chi connectivity index (χ2n) is 2.09. The van der Waals surface area contributed by atoms with Crippen LogP contribution in [-0.2, 0) is 6.54 Å². The van der Waals surface area contributed by atoms with Crippen LogP contribution in [0.3, 0.4) is 0 Å². The summed E-state index contributed by atoms with van der Waals surface area (Å²) in [6.45, 7) is -1.04. The van der Waals surface area contributed by atoms with Crippen molar-refractivity contribution >= 4 is 30.6 Å². The first-order chi connectivity index (χ1) is 4.97. The van der Waals surface area contributed by atoms with Gasteiger partial charge in [-0.25, -0.2) is 4.98 Å². The Labute approximate surface area is 84.9 Å². The van der Waals surface area contributed by atoms with Crippen molar-refractivity contribution in [3.05, 3.63) is 12.5 Å². The molecule has 1 aromatic rings. The topological polar surface area (TPSA) is 43.8 Å². The molecule has 0 aliphatic rings. The molecule has 0 spiro atoms. The molecule has 0 fully saturated rings. The number of nitrogens with two attached hydrogens (primary N) is 1. The lowest BCUT2D eigenvalue weighted by Gasteiger charge is -2.05. The van der Waals surface area contributed by atoms with Gasteiger partial charge in [0.25, 0.3) is 0 Å². The van der Waals surface area contributed by atoms with Crippen molar-refractivity contribution in [3.63, 3.8) is 0 Å². The fraction of sp³-hybridized carbons (Fsp3) is 0.400. The van der Waals surface area contributed by atoms with Crippen LogP contribution in [0.1, 0.15) is 0 Å². The SMILES string of the molecule is Cl.Cl.Nc1cn(CC(F)(F)F)cn1. The molecule has 13 heavy (non-hydrogen) atoms. The Balaban J connectivity index is 0. The summed E-state index contributed by atoms with van der Waals surface area (Å²) in [6.07, 6.45) is -2.04. The third-order valence-corrected chi connectivity index (χ3v) is 1.02. The number of nitrogen functional groups attached to an aromatic ring is 1. The molecular weight excluding hydrogens is 230 g/mol. The minimum atomic E-state index is -4.22. The van der Waals surface area contributed by atoms with E-state index < -0.39 is 12.7 Å². The number of nitrogens with zero attached hydrogens (tertiary/aromatic N) is 2. The number of alkyl halides is 3. The van der Waals surface area contributed by atoms with Gasteiger partial charge in [0.2, 0.25) is 0 Å². The predicted octanol–water partition coefficient (Wildman–Crippen LogP) is 1.87. The summed E-state index contributed by atoms with van der Waals surface area (Å²) < 4.78 is 35.9. The Morgan fingerprint density at radius 3 is 2.23 bits per heavy atom. The first-order valence-electron chi connectivity index (χ1n) is 2.81. The number of imidazole rings is 1. The molecule has 0 atom stereocenters. The van der Waals surface area contributed by atoms with Crippen molar-refractivity contribution in [3.8, 4) is 0 Å². The van der Waals surface area contributed by atoms with E-state index in [0.717, 1.165) is 17.1 Å². The standard InChI is InChI=1S/C5H6F3N3.2ClH/c6-5(7,8)2-11-1-4(9)10-3-11;;/h1,3H,2,9H2;2*1H. The van der Waals surface area contributed by atoms with Gasteiger partial charge in [-0.2, -0.15) is 13.2 Å². The Hall–Kier alpha value is -0.620. The Bertz CT molecular complexity index is 247. The van der Waals surface area contributed by atoms with Gasteiger partial charge in [-0.1, -0.05) is 0 Å². The minimum absolute atomic E-state index is 0. The molecule has 0 aliphatic carbocycles.